The summed E-state index contributed by atoms with van der Waals surface area (Å²) in [6, 6.07) is 5.44. The largest absolute Gasteiger partial charge is 0.507 e. The summed E-state index contributed by atoms with van der Waals surface area (Å²) in [5.41, 5.74) is 0.0458. The first kappa shape index (κ1) is 24.4. The molecule has 0 amide bonds. The van der Waals surface area contributed by atoms with E-state index in [0.29, 0.717) is 29.2 Å². The van der Waals surface area contributed by atoms with E-state index in [9.17, 15) is 23.1 Å². The lowest BCUT2D eigenvalue weighted by atomic mass is 10.1. The molecule has 34 heavy (non-hydrogen) atoms. The van der Waals surface area contributed by atoms with Crippen LogP contribution >= 0.6 is 11.6 Å². The lowest BCUT2D eigenvalue weighted by molar-refractivity contribution is -0.154. The normalized spacial score (nSPS) is 15.7. The van der Waals surface area contributed by atoms with Crippen molar-refractivity contribution in [3.05, 3.63) is 62.0 Å². The molecule has 0 atom stereocenters. The summed E-state index contributed by atoms with van der Waals surface area (Å²) in [5, 5.41) is 10.8. The molecule has 1 fully saturated rings. The molecule has 6 nitrogen and oxygen atoms in total. The lowest BCUT2D eigenvalue weighted by Gasteiger charge is -2.32. The van der Waals surface area contributed by atoms with E-state index in [-0.39, 0.29) is 34.6 Å². The second kappa shape index (κ2) is 9.13. The predicted octanol–water partition coefficient (Wildman–Crippen LogP) is 5.33. The Labute approximate surface area is 199 Å². The topological polar surface area (TPSA) is 66.2 Å². The van der Waals surface area contributed by atoms with Crippen LogP contribution in [-0.2, 0) is 12.7 Å². The van der Waals surface area contributed by atoms with Gasteiger partial charge in [0, 0.05) is 37.7 Å². The average Bonchev–Trinajstić information content (AvgIpc) is 2.76. The Hall–Kier alpha value is -2.75. The van der Waals surface area contributed by atoms with Gasteiger partial charge in [0.15, 0.2) is 0 Å². The average molecular weight is 497 g/mol. The highest BCUT2D eigenvalue weighted by atomic mass is 35.5. The minimum atomic E-state index is -5.00. The van der Waals surface area contributed by atoms with Gasteiger partial charge in [-0.05, 0) is 56.3 Å². The van der Waals surface area contributed by atoms with Crippen LogP contribution < -0.4 is 10.2 Å². The van der Waals surface area contributed by atoms with Crippen molar-refractivity contribution in [3.63, 3.8) is 0 Å². The number of alkyl halides is 3. The van der Waals surface area contributed by atoms with E-state index in [0.717, 1.165) is 13.1 Å². The van der Waals surface area contributed by atoms with Gasteiger partial charge in [-0.3, -0.25) is 9.69 Å². The summed E-state index contributed by atoms with van der Waals surface area (Å²) >= 11 is 6.14. The number of likely N-dealkylation sites (N-methyl/N-ethyl adjacent to an activating group) is 1. The van der Waals surface area contributed by atoms with Crippen LogP contribution in [0.15, 0.2) is 33.5 Å². The molecule has 0 unspecified atom stereocenters. The van der Waals surface area contributed by atoms with Gasteiger partial charge in [-0.15, -0.1) is 0 Å². The number of phenols is 1. The van der Waals surface area contributed by atoms with Crippen LogP contribution in [0.1, 0.15) is 22.5 Å². The summed E-state index contributed by atoms with van der Waals surface area (Å²) < 4.78 is 52.8. The molecule has 4 rings (SSSR count). The molecule has 2 aromatic carbocycles. The van der Waals surface area contributed by atoms with Gasteiger partial charge in [0.2, 0.25) is 11.2 Å². The number of aromatic hydroxyl groups is 1. The van der Waals surface area contributed by atoms with Crippen molar-refractivity contribution in [3.8, 4) is 17.2 Å². The fourth-order valence-electron chi connectivity index (χ4n) is 4.03. The van der Waals surface area contributed by atoms with Crippen LogP contribution in [0.3, 0.4) is 0 Å². The zero-order chi connectivity index (χ0) is 24.8. The van der Waals surface area contributed by atoms with Gasteiger partial charge in [-0.2, -0.15) is 13.2 Å². The highest BCUT2D eigenvalue weighted by molar-refractivity contribution is 6.32. The molecule has 0 radical (unpaired) electrons. The van der Waals surface area contributed by atoms with Crippen LogP contribution in [-0.4, -0.2) is 48.1 Å². The molecule has 0 saturated carbocycles. The molecule has 0 bridgehead atoms. The maximum Gasteiger partial charge on any atom is 0.453 e. The van der Waals surface area contributed by atoms with E-state index in [1.165, 1.54) is 24.3 Å². The van der Waals surface area contributed by atoms with E-state index < -0.39 is 23.1 Å². The fraction of sp³-hybridized carbons (Fsp3) is 0.375. The van der Waals surface area contributed by atoms with Gasteiger partial charge in [-0.1, -0.05) is 11.6 Å². The number of halogens is 4. The molecular formula is C24H24ClF3N2O4. The first-order chi connectivity index (χ1) is 16.0. The summed E-state index contributed by atoms with van der Waals surface area (Å²) in [4.78, 5) is 17.3. The van der Waals surface area contributed by atoms with E-state index >= 15 is 0 Å². The standard InChI is InChI=1S/C24H24ClF3N2O4/c1-13-10-15(11-14(2)19(13)25)33-22-20(32)16-4-5-18(31)17(12-30-8-6-29(3)7-9-30)21(16)34-23(22)24(26,27)28/h4-5,10-11,31H,6-9,12H2,1-3H3. The van der Waals surface area contributed by atoms with Crippen molar-refractivity contribution >= 4 is 22.6 Å². The Morgan fingerprint density at radius 3 is 2.32 bits per heavy atom. The van der Waals surface area contributed by atoms with Gasteiger partial charge < -0.3 is 19.2 Å². The molecule has 1 aromatic heterocycles. The van der Waals surface area contributed by atoms with E-state index in [1.807, 2.05) is 11.9 Å². The van der Waals surface area contributed by atoms with Crippen molar-refractivity contribution in [2.75, 3.05) is 33.2 Å². The number of fused-ring (bicyclic) bond motifs is 1. The van der Waals surface area contributed by atoms with Crippen molar-refractivity contribution < 1.29 is 27.4 Å². The predicted molar refractivity (Wildman–Crippen MR) is 123 cm³/mol. The van der Waals surface area contributed by atoms with E-state index in [2.05, 4.69) is 4.90 Å². The van der Waals surface area contributed by atoms with Gasteiger partial charge in [0.25, 0.3) is 5.76 Å². The van der Waals surface area contributed by atoms with Crippen LogP contribution in [0.2, 0.25) is 5.02 Å². The summed E-state index contributed by atoms with van der Waals surface area (Å²) in [7, 11) is 1.98. The first-order valence-corrected chi connectivity index (χ1v) is 11.1. The Morgan fingerprint density at radius 2 is 1.74 bits per heavy atom. The Morgan fingerprint density at radius 1 is 1.12 bits per heavy atom. The summed E-state index contributed by atoms with van der Waals surface area (Å²) in [6.07, 6.45) is -5.00. The number of rotatable bonds is 4. The molecule has 2 heterocycles. The van der Waals surface area contributed by atoms with Gasteiger partial charge in [0.1, 0.15) is 17.1 Å². The quantitative estimate of drug-likeness (QED) is 0.527. The summed E-state index contributed by atoms with van der Waals surface area (Å²) in [5.74, 6) is -2.72. The minimum absolute atomic E-state index is 0.0352. The van der Waals surface area contributed by atoms with Gasteiger partial charge in [-0.25, -0.2) is 0 Å². The summed E-state index contributed by atoms with van der Waals surface area (Å²) in [6.45, 7) is 6.40. The number of ether oxygens (including phenoxy) is 1. The zero-order valence-corrected chi connectivity index (χ0v) is 19.7. The molecule has 1 N–H and O–H groups in total. The van der Waals surface area contributed by atoms with Crippen LogP contribution in [0, 0.1) is 13.8 Å². The van der Waals surface area contributed by atoms with Crippen LogP contribution in [0.4, 0.5) is 13.2 Å². The third-order valence-corrected chi connectivity index (χ3v) is 6.56. The minimum Gasteiger partial charge on any atom is -0.507 e. The number of phenolic OH excluding ortho intramolecular Hbond substituents is 1. The number of hydrogen-bond donors (Lipinski definition) is 1. The molecule has 1 saturated heterocycles. The van der Waals surface area contributed by atoms with E-state index in [4.69, 9.17) is 20.8 Å². The number of benzene rings is 2. The monoisotopic (exact) mass is 496 g/mol. The molecule has 3 aromatic rings. The Balaban J connectivity index is 1.85. The zero-order valence-electron chi connectivity index (χ0n) is 18.9. The van der Waals surface area contributed by atoms with Crippen molar-refractivity contribution in [1.29, 1.82) is 0 Å². The number of hydrogen-bond acceptors (Lipinski definition) is 6. The SMILES string of the molecule is Cc1cc(Oc2c(C(F)(F)F)oc3c(CN4CCN(C)CC4)c(O)ccc3c2=O)cc(C)c1Cl. The molecule has 0 aliphatic carbocycles. The maximum atomic E-state index is 14.0. The van der Waals surface area contributed by atoms with Crippen molar-refractivity contribution in [1.82, 2.24) is 9.80 Å². The number of nitrogens with zero attached hydrogens (tertiary/aromatic N) is 2. The third-order valence-electron chi connectivity index (χ3n) is 5.96. The molecule has 182 valence electrons. The molecule has 10 heteroatoms. The molecule has 1 aliphatic rings. The van der Waals surface area contributed by atoms with Gasteiger partial charge in [0.05, 0.1) is 10.9 Å². The van der Waals surface area contributed by atoms with Crippen molar-refractivity contribution in [2.24, 2.45) is 0 Å². The van der Waals surface area contributed by atoms with Crippen molar-refractivity contribution in [2.45, 2.75) is 26.6 Å². The molecule has 1 aliphatic heterocycles. The van der Waals surface area contributed by atoms with Gasteiger partial charge >= 0.3 is 6.18 Å². The highest BCUT2D eigenvalue weighted by Crippen LogP contribution is 2.40. The highest BCUT2D eigenvalue weighted by Gasteiger charge is 2.41. The second-order valence-corrected chi connectivity index (χ2v) is 8.96. The van der Waals surface area contributed by atoms with E-state index in [1.54, 1.807) is 13.8 Å². The molecular weight excluding hydrogens is 473 g/mol. The molecule has 0 spiro atoms. The first-order valence-electron chi connectivity index (χ1n) is 10.7. The lowest BCUT2D eigenvalue weighted by Crippen LogP contribution is -2.43. The fourth-order valence-corrected chi connectivity index (χ4v) is 4.14. The maximum absolute atomic E-state index is 14.0. The second-order valence-electron chi connectivity index (χ2n) is 8.58. The smallest absolute Gasteiger partial charge is 0.453 e. The number of piperazine rings is 1. The third kappa shape index (κ3) is 4.73. The van der Waals surface area contributed by atoms with Crippen LogP contribution in [0.5, 0.6) is 17.2 Å². The van der Waals surface area contributed by atoms with Crippen LogP contribution in [0.25, 0.3) is 11.0 Å². The number of aryl methyl sites for hydroxylation is 2. The Bertz CT molecular complexity index is 1280. The Kier molecular flexibility index (Phi) is 6.54.